The first kappa shape index (κ1) is 26.1. The van der Waals surface area contributed by atoms with Crippen LogP contribution in [0.2, 0.25) is 5.02 Å². The Kier molecular flexibility index (Phi) is 8.62. The van der Waals surface area contributed by atoms with Crippen molar-refractivity contribution in [2.75, 3.05) is 17.0 Å². The van der Waals surface area contributed by atoms with Crippen LogP contribution in [0.15, 0.2) is 59.5 Å². The van der Waals surface area contributed by atoms with Crippen molar-refractivity contribution in [1.29, 1.82) is 0 Å². The van der Waals surface area contributed by atoms with Gasteiger partial charge in [0.1, 0.15) is 5.82 Å². The molecule has 2 N–H and O–H groups in total. The average Bonchev–Trinajstić information content (AvgIpc) is 2.78. The van der Waals surface area contributed by atoms with Crippen LogP contribution in [0, 0.1) is 26.6 Å². The van der Waals surface area contributed by atoms with E-state index in [1.807, 2.05) is 19.9 Å². The van der Waals surface area contributed by atoms with Gasteiger partial charge in [-0.05, 0) is 67.8 Å². The van der Waals surface area contributed by atoms with Crippen molar-refractivity contribution in [1.82, 2.24) is 5.32 Å². The van der Waals surface area contributed by atoms with E-state index in [9.17, 15) is 17.6 Å². The Bertz CT molecular complexity index is 1290. The molecule has 180 valence electrons. The van der Waals surface area contributed by atoms with Crippen LogP contribution in [-0.4, -0.2) is 26.6 Å². The Labute approximate surface area is 209 Å². The molecule has 0 spiro atoms. The molecule has 0 saturated heterocycles. The van der Waals surface area contributed by atoms with Crippen LogP contribution < -0.4 is 10.0 Å². The summed E-state index contributed by atoms with van der Waals surface area (Å²) in [6.07, 6.45) is 0. The number of halogens is 2. The number of carbonyl (C=O) groups excluding carboxylic acids is 1. The van der Waals surface area contributed by atoms with E-state index < -0.39 is 10.0 Å². The second-order valence-electron chi connectivity index (χ2n) is 7.84. The van der Waals surface area contributed by atoms with Crippen LogP contribution >= 0.6 is 23.4 Å². The van der Waals surface area contributed by atoms with Crippen molar-refractivity contribution in [2.45, 2.75) is 31.4 Å². The van der Waals surface area contributed by atoms with Crippen molar-refractivity contribution in [3.63, 3.8) is 0 Å². The number of nitrogens with one attached hydrogen (secondary N) is 2. The van der Waals surface area contributed by atoms with Gasteiger partial charge in [-0.1, -0.05) is 35.9 Å². The number of hydrogen-bond donors (Lipinski definition) is 2. The number of thioether (sulfide) groups is 1. The second kappa shape index (κ2) is 11.3. The maximum Gasteiger partial charge on any atom is 0.262 e. The van der Waals surface area contributed by atoms with Gasteiger partial charge in [0.05, 0.1) is 10.6 Å². The monoisotopic (exact) mass is 520 g/mol. The number of sulfonamides is 1. The molecule has 3 rings (SSSR count). The maximum absolute atomic E-state index is 13.8. The Balaban J connectivity index is 1.63. The third-order valence-electron chi connectivity index (χ3n) is 5.43. The first-order chi connectivity index (χ1) is 16.1. The van der Waals surface area contributed by atoms with Crippen LogP contribution in [0.4, 0.5) is 10.1 Å². The van der Waals surface area contributed by atoms with E-state index in [4.69, 9.17) is 11.6 Å². The Morgan fingerprint density at radius 2 is 1.76 bits per heavy atom. The maximum atomic E-state index is 13.8. The molecule has 0 fully saturated rings. The molecular weight excluding hydrogens is 495 g/mol. The molecule has 0 aliphatic heterocycles. The highest BCUT2D eigenvalue weighted by Crippen LogP contribution is 2.25. The number of rotatable bonds is 9. The third kappa shape index (κ3) is 6.31. The van der Waals surface area contributed by atoms with Gasteiger partial charge in [-0.3, -0.25) is 9.52 Å². The van der Waals surface area contributed by atoms with E-state index in [1.165, 1.54) is 23.9 Å². The lowest BCUT2D eigenvalue weighted by Gasteiger charge is -2.14. The van der Waals surface area contributed by atoms with Gasteiger partial charge in [-0.15, -0.1) is 0 Å². The summed E-state index contributed by atoms with van der Waals surface area (Å²) in [5, 5.41) is 3.15. The molecule has 0 atom stereocenters. The molecule has 0 aliphatic rings. The molecule has 9 heteroatoms. The molecule has 34 heavy (non-hydrogen) atoms. The molecule has 0 saturated carbocycles. The van der Waals surface area contributed by atoms with Gasteiger partial charge < -0.3 is 5.32 Å². The number of anilines is 1. The van der Waals surface area contributed by atoms with Crippen molar-refractivity contribution in [3.8, 4) is 0 Å². The average molecular weight is 521 g/mol. The lowest BCUT2D eigenvalue weighted by atomic mass is 10.1. The van der Waals surface area contributed by atoms with Crippen LogP contribution in [0.5, 0.6) is 0 Å². The number of amides is 1. The largest absolute Gasteiger partial charge is 0.351 e. The van der Waals surface area contributed by atoms with E-state index >= 15 is 0 Å². The van der Waals surface area contributed by atoms with Crippen LogP contribution in [0.1, 0.15) is 32.6 Å². The number of hydrogen-bond acceptors (Lipinski definition) is 4. The fourth-order valence-electron chi connectivity index (χ4n) is 3.28. The number of aryl methyl sites for hydroxylation is 2. The van der Waals surface area contributed by atoms with Crippen molar-refractivity contribution in [2.24, 2.45) is 0 Å². The predicted molar refractivity (Wildman–Crippen MR) is 138 cm³/mol. The van der Waals surface area contributed by atoms with Gasteiger partial charge in [0, 0.05) is 34.2 Å². The van der Waals surface area contributed by atoms with Crippen molar-refractivity contribution in [3.05, 3.63) is 93.3 Å². The highest BCUT2D eigenvalue weighted by molar-refractivity contribution is 7.98. The van der Waals surface area contributed by atoms with Gasteiger partial charge in [0.25, 0.3) is 15.9 Å². The minimum atomic E-state index is -3.89. The zero-order chi connectivity index (χ0) is 24.9. The molecule has 0 aromatic heterocycles. The van der Waals surface area contributed by atoms with E-state index in [0.717, 1.165) is 11.1 Å². The fourth-order valence-corrected chi connectivity index (χ4v) is 5.87. The highest BCUT2D eigenvalue weighted by Gasteiger charge is 2.20. The standard InChI is InChI=1S/C25H26ClFN2O3S2/c1-16-6-4-9-23(18(16)3)29-34(31,32)24-14-19(11-10-17(24)2)25(30)28-12-13-33-15-20-21(26)7-5-8-22(20)27/h4-11,14,29H,12-13,15H2,1-3H3,(H,28,30). The van der Waals surface area contributed by atoms with Crippen LogP contribution in [0.3, 0.4) is 0 Å². The summed E-state index contributed by atoms with van der Waals surface area (Å²) < 4.78 is 42.6. The minimum Gasteiger partial charge on any atom is -0.351 e. The van der Waals surface area contributed by atoms with Gasteiger partial charge in [0.2, 0.25) is 0 Å². The summed E-state index contributed by atoms with van der Waals surface area (Å²) in [5.41, 5.74) is 3.53. The second-order valence-corrected chi connectivity index (χ2v) is 11.0. The molecule has 0 unspecified atom stereocenters. The van der Waals surface area contributed by atoms with E-state index in [0.29, 0.717) is 39.9 Å². The molecule has 0 radical (unpaired) electrons. The Morgan fingerprint density at radius 1 is 1.03 bits per heavy atom. The summed E-state index contributed by atoms with van der Waals surface area (Å²) >= 11 is 7.47. The summed E-state index contributed by atoms with van der Waals surface area (Å²) in [5.74, 6) is 0.194. The molecule has 5 nitrogen and oxygen atoms in total. The number of benzene rings is 3. The first-order valence-electron chi connectivity index (χ1n) is 10.6. The third-order valence-corrected chi connectivity index (χ3v) is 8.28. The normalized spacial score (nSPS) is 11.3. The molecule has 0 bridgehead atoms. The van der Waals surface area contributed by atoms with E-state index in [1.54, 1.807) is 43.3 Å². The quantitative estimate of drug-likeness (QED) is 0.346. The van der Waals surface area contributed by atoms with Gasteiger partial charge in [-0.25, -0.2) is 12.8 Å². The van der Waals surface area contributed by atoms with Crippen molar-refractivity contribution >= 4 is 45.0 Å². The zero-order valence-corrected chi connectivity index (χ0v) is 21.5. The first-order valence-corrected chi connectivity index (χ1v) is 13.6. The molecule has 3 aromatic carbocycles. The Morgan fingerprint density at radius 3 is 2.50 bits per heavy atom. The van der Waals surface area contributed by atoms with E-state index in [2.05, 4.69) is 10.0 Å². The lowest BCUT2D eigenvalue weighted by Crippen LogP contribution is -2.26. The smallest absolute Gasteiger partial charge is 0.262 e. The molecule has 1 amide bonds. The van der Waals surface area contributed by atoms with Gasteiger partial charge in [-0.2, -0.15) is 11.8 Å². The van der Waals surface area contributed by atoms with Crippen molar-refractivity contribution < 1.29 is 17.6 Å². The fraction of sp³-hybridized carbons (Fsp3) is 0.240. The summed E-state index contributed by atoms with van der Waals surface area (Å²) in [6.45, 7) is 5.78. The summed E-state index contributed by atoms with van der Waals surface area (Å²) in [7, 11) is -3.89. The SMILES string of the molecule is Cc1ccc(C(=O)NCCSCc2c(F)cccc2Cl)cc1S(=O)(=O)Nc1cccc(C)c1C. The minimum absolute atomic E-state index is 0.0459. The molecule has 0 aliphatic carbocycles. The number of carbonyl (C=O) groups is 1. The molecule has 3 aromatic rings. The summed E-state index contributed by atoms with van der Waals surface area (Å²) in [4.78, 5) is 12.7. The van der Waals surface area contributed by atoms with Gasteiger partial charge >= 0.3 is 0 Å². The summed E-state index contributed by atoms with van der Waals surface area (Å²) in [6, 6.07) is 14.5. The zero-order valence-electron chi connectivity index (χ0n) is 19.1. The Hall–Kier alpha value is -2.55. The topological polar surface area (TPSA) is 75.3 Å². The molecular formula is C25H26ClFN2O3S2. The van der Waals surface area contributed by atoms with E-state index in [-0.39, 0.29) is 22.2 Å². The van der Waals surface area contributed by atoms with Crippen LogP contribution in [0.25, 0.3) is 0 Å². The van der Waals surface area contributed by atoms with Crippen LogP contribution in [-0.2, 0) is 15.8 Å². The lowest BCUT2D eigenvalue weighted by molar-refractivity contribution is 0.0956. The molecule has 0 heterocycles. The van der Waals surface area contributed by atoms with Gasteiger partial charge in [0.15, 0.2) is 0 Å². The predicted octanol–water partition coefficient (Wildman–Crippen LogP) is 5.87. The highest BCUT2D eigenvalue weighted by atomic mass is 35.5.